The van der Waals surface area contributed by atoms with Crippen LogP contribution in [0, 0.1) is 0 Å². The van der Waals surface area contributed by atoms with Crippen LogP contribution in [-0.2, 0) is 6.18 Å². The molecular weight excluding hydrogens is 401 g/mol. The Morgan fingerprint density at radius 2 is 2.00 bits per heavy atom. The highest BCUT2D eigenvalue weighted by atomic mass is 19.4. The predicted octanol–water partition coefficient (Wildman–Crippen LogP) is 6.76. The van der Waals surface area contributed by atoms with Gasteiger partial charge in [0.15, 0.2) is 11.6 Å². The van der Waals surface area contributed by atoms with E-state index in [4.69, 9.17) is 10.1 Å². The third-order valence-corrected chi connectivity index (χ3v) is 6.15. The largest absolute Gasteiger partial charge is 0.416 e. The first-order valence-corrected chi connectivity index (χ1v) is 10.9. The lowest BCUT2D eigenvalue weighted by Crippen LogP contribution is -2.13. The molecule has 31 heavy (non-hydrogen) atoms. The number of nitrogens with zero attached hydrogens (tertiary/aromatic N) is 3. The normalized spacial score (nSPS) is 18.1. The molecule has 1 fully saturated rings. The average molecular weight is 426 g/mol. The molecule has 2 aliphatic carbocycles. The van der Waals surface area contributed by atoms with Gasteiger partial charge in [-0.15, -0.1) is 0 Å². The maximum Gasteiger partial charge on any atom is 0.416 e. The molecule has 0 aliphatic heterocycles. The van der Waals surface area contributed by atoms with E-state index in [0.29, 0.717) is 17.3 Å². The topological polar surface area (TPSA) is 42.2 Å². The zero-order valence-electron chi connectivity index (χ0n) is 17.4. The van der Waals surface area contributed by atoms with Gasteiger partial charge in [-0.2, -0.15) is 18.3 Å². The Morgan fingerprint density at radius 3 is 2.71 bits per heavy atom. The summed E-state index contributed by atoms with van der Waals surface area (Å²) in [5.41, 5.74) is 3.27. The minimum absolute atomic E-state index is 0.333. The summed E-state index contributed by atoms with van der Waals surface area (Å²) in [7, 11) is 0. The van der Waals surface area contributed by atoms with Crippen LogP contribution < -0.4 is 5.32 Å². The van der Waals surface area contributed by atoms with Gasteiger partial charge in [0.1, 0.15) is 5.52 Å². The van der Waals surface area contributed by atoms with E-state index in [2.05, 4.69) is 23.7 Å². The third kappa shape index (κ3) is 4.18. The molecule has 2 aromatic heterocycles. The second-order valence-electron chi connectivity index (χ2n) is 8.62. The fourth-order valence-electron chi connectivity index (χ4n) is 4.19. The van der Waals surface area contributed by atoms with Crippen molar-refractivity contribution in [2.24, 2.45) is 0 Å². The molecule has 1 atom stereocenters. The lowest BCUT2D eigenvalue weighted by Gasteiger charge is -2.18. The molecule has 0 spiro atoms. The van der Waals surface area contributed by atoms with Gasteiger partial charge in [0.05, 0.1) is 11.6 Å². The van der Waals surface area contributed by atoms with Crippen molar-refractivity contribution in [3.05, 3.63) is 65.1 Å². The summed E-state index contributed by atoms with van der Waals surface area (Å²) in [6.07, 6.45) is 6.72. The van der Waals surface area contributed by atoms with Crippen LogP contribution in [0.5, 0.6) is 0 Å². The smallest absolute Gasteiger partial charge is 0.362 e. The number of fused-ring (bicyclic) bond motifs is 1. The summed E-state index contributed by atoms with van der Waals surface area (Å²) < 4.78 is 41.3. The molecule has 7 heteroatoms. The number of hydrogen-bond donors (Lipinski definition) is 1. The highest BCUT2D eigenvalue weighted by Gasteiger charge is 2.31. The van der Waals surface area contributed by atoms with Gasteiger partial charge in [-0.1, -0.05) is 18.2 Å². The molecule has 0 unspecified atom stereocenters. The fraction of sp³-hybridized carbons (Fsp3) is 0.417. The van der Waals surface area contributed by atoms with Crippen LogP contribution in [0.1, 0.15) is 79.9 Å². The lowest BCUT2D eigenvalue weighted by molar-refractivity contribution is -0.137. The highest BCUT2D eigenvalue weighted by molar-refractivity contribution is 5.77. The molecule has 0 amide bonds. The monoisotopic (exact) mass is 426 g/mol. The zero-order valence-corrected chi connectivity index (χ0v) is 17.4. The van der Waals surface area contributed by atoms with Crippen LogP contribution in [0.4, 0.5) is 19.0 Å². The number of rotatable bonds is 5. The van der Waals surface area contributed by atoms with Crippen LogP contribution in [0.15, 0.2) is 42.6 Å². The zero-order chi connectivity index (χ0) is 21.6. The van der Waals surface area contributed by atoms with Gasteiger partial charge in [0, 0.05) is 12.1 Å². The van der Waals surface area contributed by atoms with Crippen LogP contribution in [0.25, 0.3) is 11.1 Å². The molecule has 1 N–H and O–H groups in total. The molecule has 5 rings (SSSR count). The maximum atomic E-state index is 13.1. The number of alkyl halides is 3. The van der Waals surface area contributed by atoms with Crippen molar-refractivity contribution in [1.82, 2.24) is 14.6 Å². The third-order valence-electron chi connectivity index (χ3n) is 6.15. The molecular formula is C24H25F3N4. The minimum atomic E-state index is -4.36. The minimum Gasteiger partial charge on any atom is -0.362 e. The Labute approximate surface area is 179 Å². The van der Waals surface area contributed by atoms with Gasteiger partial charge >= 0.3 is 6.18 Å². The number of nitrogens with one attached hydrogen (secondary N) is 1. The molecule has 1 saturated carbocycles. The Hall–Kier alpha value is -2.83. The van der Waals surface area contributed by atoms with Gasteiger partial charge < -0.3 is 5.32 Å². The van der Waals surface area contributed by atoms with Crippen molar-refractivity contribution >= 4 is 16.9 Å². The second-order valence-corrected chi connectivity index (χ2v) is 8.62. The number of benzene rings is 1. The molecule has 2 aliphatic rings. The average Bonchev–Trinajstić information content (AvgIpc) is 3.52. The fourth-order valence-corrected chi connectivity index (χ4v) is 4.19. The molecule has 1 aromatic carbocycles. The van der Waals surface area contributed by atoms with E-state index in [1.54, 1.807) is 6.07 Å². The van der Waals surface area contributed by atoms with Gasteiger partial charge in [0.2, 0.25) is 0 Å². The summed E-state index contributed by atoms with van der Waals surface area (Å²) in [5.74, 6) is 1.84. The Morgan fingerprint density at radius 1 is 1.16 bits per heavy atom. The van der Waals surface area contributed by atoms with Crippen LogP contribution in [0.3, 0.4) is 0 Å². The van der Waals surface area contributed by atoms with E-state index < -0.39 is 11.7 Å². The van der Waals surface area contributed by atoms with Crippen molar-refractivity contribution in [3.63, 3.8) is 0 Å². The Kier molecular flexibility index (Phi) is 4.99. The van der Waals surface area contributed by atoms with E-state index in [1.807, 2.05) is 11.4 Å². The van der Waals surface area contributed by atoms with Crippen molar-refractivity contribution in [2.75, 3.05) is 5.32 Å². The number of hydrogen-bond acceptors (Lipinski definition) is 3. The first-order chi connectivity index (χ1) is 14.9. The molecule has 4 nitrogen and oxygen atoms in total. The number of anilines is 1. The van der Waals surface area contributed by atoms with Crippen LogP contribution in [-0.4, -0.2) is 14.6 Å². The molecule has 3 aromatic rings. The molecule has 0 radical (unpaired) electrons. The lowest BCUT2D eigenvalue weighted by atomic mass is 9.95. The van der Waals surface area contributed by atoms with E-state index in [-0.39, 0.29) is 6.04 Å². The van der Waals surface area contributed by atoms with E-state index in [0.717, 1.165) is 48.7 Å². The maximum absolute atomic E-state index is 13.1. The first-order valence-electron chi connectivity index (χ1n) is 10.9. The van der Waals surface area contributed by atoms with Crippen molar-refractivity contribution in [3.8, 4) is 0 Å². The molecule has 0 bridgehead atoms. The summed E-state index contributed by atoms with van der Waals surface area (Å²) in [4.78, 5) is 4.77. The quantitative estimate of drug-likeness (QED) is 0.490. The van der Waals surface area contributed by atoms with E-state index in [1.165, 1.54) is 30.5 Å². The van der Waals surface area contributed by atoms with Gasteiger partial charge in [-0.05, 0) is 80.3 Å². The van der Waals surface area contributed by atoms with Gasteiger partial charge in [-0.25, -0.2) is 9.50 Å². The van der Waals surface area contributed by atoms with Crippen molar-refractivity contribution in [2.45, 2.75) is 63.6 Å². The van der Waals surface area contributed by atoms with Gasteiger partial charge in [-0.3, -0.25) is 0 Å². The second kappa shape index (κ2) is 7.70. The van der Waals surface area contributed by atoms with Gasteiger partial charge in [0.25, 0.3) is 0 Å². The molecule has 2 heterocycles. The van der Waals surface area contributed by atoms with Crippen molar-refractivity contribution in [1.29, 1.82) is 0 Å². The van der Waals surface area contributed by atoms with Crippen LogP contribution in [0.2, 0.25) is 0 Å². The SMILES string of the molecule is C[C@@H](Nc1nc(C2CC2)nn2cc(C3=CCCCC3)cc12)c1cccc(C(F)(F)F)c1. The molecule has 0 saturated heterocycles. The predicted molar refractivity (Wildman–Crippen MR) is 115 cm³/mol. The Bertz CT molecular complexity index is 1140. The standard InChI is InChI=1S/C24H25F3N4/c1-15(18-8-5-9-20(12-18)24(25,26)27)28-23-21-13-19(16-6-3-2-4-7-16)14-31(21)30-22(29-23)17-10-11-17/h5-6,8-9,12-15,17H,2-4,7,10-11H2,1H3,(H,28,29,30)/t15-/m1/s1. The summed E-state index contributed by atoms with van der Waals surface area (Å²) in [5, 5.41) is 8.09. The van der Waals surface area contributed by atoms with E-state index in [9.17, 15) is 13.2 Å². The number of allylic oxidation sites excluding steroid dienone is 2. The number of halogens is 3. The first kappa shape index (κ1) is 20.1. The number of aromatic nitrogens is 3. The highest BCUT2D eigenvalue weighted by Crippen LogP contribution is 2.39. The molecule has 162 valence electrons. The summed E-state index contributed by atoms with van der Waals surface area (Å²) in [6.45, 7) is 1.86. The Balaban J connectivity index is 1.51. The van der Waals surface area contributed by atoms with Crippen LogP contribution >= 0.6 is 0 Å². The summed E-state index contributed by atoms with van der Waals surface area (Å²) in [6, 6.07) is 7.22. The van der Waals surface area contributed by atoms with E-state index >= 15 is 0 Å². The summed E-state index contributed by atoms with van der Waals surface area (Å²) >= 11 is 0. The van der Waals surface area contributed by atoms with Crippen molar-refractivity contribution < 1.29 is 13.2 Å².